The topological polar surface area (TPSA) is 86.7 Å². The van der Waals surface area contributed by atoms with Crippen LogP contribution < -0.4 is 0 Å². The summed E-state index contributed by atoms with van der Waals surface area (Å²) < 4.78 is 10.3. The molecule has 6 heteroatoms. The van der Waals surface area contributed by atoms with Crippen molar-refractivity contribution in [1.29, 1.82) is 0 Å². The quantitative estimate of drug-likeness (QED) is 0.272. The number of carbonyl (C=O) groups excluding carboxylic acids is 4. The van der Waals surface area contributed by atoms with Crippen LogP contribution in [-0.2, 0) is 19.1 Å². The SMILES string of the molecule is Cc1ccc(C(=O)C(=O)OC(C)C#CC(C)OC(=O)C(=O)c2ccc(C)c(C)c2C)c(C)c1C. The van der Waals surface area contributed by atoms with Gasteiger partial charge in [0.2, 0.25) is 0 Å². The lowest BCUT2D eigenvalue weighted by atomic mass is 9.96. The third kappa shape index (κ3) is 5.99. The van der Waals surface area contributed by atoms with E-state index in [1.807, 2.05) is 27.7 Å². The van der Waals surface area contributed by atoms with Crippen molar-refractivity contribution in [2.24, 2.45) is 0 Å². The normalized spacial score (nSPS) is 12.1. The highest BCUT2D eigenvalue weighted by molar-refractivity contribution is 6.41. The van der Waals surface area contributed by atoms with Crippen molar-refractivity contribution < 1.29 is 28.7 Å². The largest absolute Gasteiger partial charge is 0.443 e. The molecule has 6 nitrogen and oxygen atoms in total. The second-order valence-corrected chi connectivity index (χ2v) is 8.40. The summed E-state index contributed by atoms with van der Waals surface area (Å²) in [5, 5.41) is 0. The van der Waals surface area contributed by atoms with E-state index in [4.69, 9.17) is 9.47 Å². The molecular formula is C28H30O6. The van der Waals surface area contributed by atoms with Gasteiger partial charge in [0.25, 0.3) is 11.6 Å². The molecule has 0 aromatic heterocycles. The zero-order chi connectivity index (χ0) is 25.7. The monoisotopic (exact) mass is 462 g/mol. The number of Topliss-reactive ketones (excluding diaryl/α,β-unsaturated/α-hetero) is 2. The number of carbonyl (C=O) groups is 4. The van der Waals surface area contributed by atoms with E-state index in [-0.39, 0.29) is 11.1 Å². The van der Waals surface area contributed by atoms with Crippen LogP contribution in [0, 0.1) is 53.4 Å². The van der Waals surface area contributed by atoms with Crippen molar-refractivity contribution in [3.63, 3.8) is 0 Å². The number of rotatable bonds is 6. The third-order valence-corrected chi connectivity index (χ3v) is 6.03. The van der Waals surface area contributed by atoms with Gasteiger partial charge in [-0.15, -0.1) is 0 Å². The maximum atomic E-state index is 12.5. The van der Waals surface area contributed by atoms with Gasteiger partial charge in [-0.05, 0) is 88.8 Å². The molecule has 178 valence electrons. The van der Waals surface area contributed by atoms with E-state index in [1.165, 1.54) is 13.8 Å². The average Bonchev–Trinajstić information content (AvgIpc) is 2.79. The summed E-state index contributed by atoms with van der Waals surface area (Å²) in [7, 11) is 0. The molecule has 0 heterocycles. The Morgan fingerprint density at radius 1 is 0.588 bits per heavy atom. The van der Waals surface area contributed by atoms with Crippen molar-refractivity contribution in [2.75, 3.05) is 0 Å². The van der Waals surface area contributed by atoms with Gasteiger partial charge in [-0.2, -0.15) is 0 Å². The predicted octanol–water partition coefficient (Wildman–Crippen LogP) is 4.47. The number of hydrogen-bond acceptors (Lipinski definition) is 6. The van der Waals surface area contributed by atoms with Gasteiger partial charge < -0.3 is 9.47 Å². The van der Waals surface area contributed by atoms with Crippen molar-refractivity contribution in [3.8, 4) is 11.8 Å². The standard InChI is InChI=1S/C28H30O6/c1-15-9-13-23(21(7)19(15)5)25(29)27(31)33-17(3)11-12-18(4)34-28(32)26(30)24-14-10-16(2)20(6)22(24)8/h9-10,13-14,17-18H,1-8H3. The van der Waals surface area contributed by atoms with Crippen LogP contribution in [0.15, 0.2) is 24.3 Å². The molecule has 0 spiro atoms. The fourth-order valence-corrected chi connectivity index (χ4v) is 3.35. The maximum absolute atomic E-state index is 12.5. The van der Waals surface area contributed by atoms with Crippen molar-refractivity contribution in [1.82, 2.24) is 0 Å². The number of ether oxygens (including phenoxy) is 2. The average molecular weight is 463 g/mol. The second kappa shape index (κ2) is 10.9. The van der Waals surface area contributed by atoms with Crippen LogP contribution in [0.2, 0.25) is 0 Å². The molecule has 34 heavy (non-hydrogen) atoms. The summed E-state index contributed by atoms with van der Waals surface area (Å²) in [5.74, 6) is 1.74. The predicted molar refractivity (Wildman–Crippen MR) is 129 cm³/mol. The fourth-order valence-electron chi connectivity index (χ4n) is 3.35. The van der Waals surface area contributed by atoms with Gasteiger partial charge in [0, 0.05) is 11.1 Å². The molecule has 2 aromatic carbocycles. The van der Waals surface area contributed by atoms with Crippen molar-refractivity contribution in [2.45, 2.75) is 67.6 Å². The first-order chi connectivity index (χ1) is 15.8. The molecular weight excluding hydrogens is 432 g/mol. The van der Waals surface area contributed by atoms with E-state index in [1.54, 1.807) is 38.1 Å². The minimum atomic E-state index is -1.02. The number of esters is 2. The van der Waals surface area contributed by atoms with E-state index in [2.05, 4.69) is 11.8 Å². The van der Waals surface area contributed by atoms with Gasteiger partial charge in [0.1, 0.15) is 0 Å². The first kappa shape index (κ1) is 26.5. The molecule has 0 amide bonds. The molecule has 0 bridgehead atoms. The molecule has 0 fully saturated rings. The minimum Gasteiger partial charge on any atom is -0.443 e. The molecule has 0 N–H and O–H groups in total. The molecule has 0 radical (unpaired) electrons. The number of ketones is 2. The molecule has 2 unspecified atom stereocenters. The van der Waals surface area contributed by atoms with Crippen LogP contribution in [-0.4, -0.2) is 35.7 Å². The van der Waals surface area contributed by atoms with Crippen molar-refractivity contribution >= 4 is 23.5 Å². The van der Waals surface area contributed by atoms with Crippen LogP contribution in [0.4, 0.5) is 0 Å². The van der Waals surface area contributed by atoms with Gasteiger partial charge in [-0.1, -0.05) is 36.1 Å². The molecule has 0 aliphatic heterocycles. The maximum Gasteiger partial charge on any atom is 0.380 e. The van der Waals surface area contributed by atoms with E-state index in [9.17, 15) is 19.2 Å². The Morgan fingerprint density at radius 3 is 1.24 bits per heavy atom. The summed E-state index contributed by atoms with van der Waals surface area (Å²) in [6, 6.07) is 6.77. The van der Waals surface area contributed by atoms with Crippen LogP contribution in [0.1, 0.15) is 67.9 Å². The summed E-state index contributed by atoms with van der Waals surface area (Å²) in [4.78, 5) is 49.6. The van der Waals surface area contributed by atoms with E-state index < -0.39 is 35.7 Å². The Balaban J connectivity index is 2.00. The Bertz CT molecular complexity index is 1130. The highest BCUT2D eigenvalue weighted by Crippen LogP contribution is 2.19. The van der Waals surface area contributed by atoms with Crippen molar-refractivity contribution in [3.05, 3.63) is 68.8 Å². The Labute approximate surface area is 200 Å². The van der Waals surface area contributed by atoms with Gasteiger partial charge in [-0.3, -0.25) is 9.59 Å². The van der Waals surface area contributed by atoms with E-state index in [0.29, 0.717) is 0 Å². The third-order valence-electron chi connectivity index (χ3n) is 6.03. The summed E-state index contributed by atoms with van der Waals surface area (Å²) in [6.45, 7) is 14.2. The molecule has 0 aliphatic carbocycles. The zero-order valence-corrected chi connectivity index (χ0v) is 20.9. The Morgan fingerprint density at radius 2 is 0.912 bits per heavy atom. The lowest BCUT2D eigenvalue weighted by molar-refractivity contribution is -0.141. The summed E-state index contributed by atoms with van der Waals surface area (Å²) in [6.07, 6.45) is -1.83. The number of benzene rings is 2. The fraction of sp³-hybridized carbons (Fsp3) is 0.357. The van der Waals surface area contributed by atoms with Gasteiger partial charge in [0.15, 0.2) is 12.2 Å². The molecule has 2 rings (SSSR count). The highest BCUT2D eigenvalue weighted by atomic mass is 16.6. The number of aryl methyl sites for hydroxylation is 2. The Hall–Kier alpha value is -3.72. The Kier molecular flexibility index (Phi) is 8.53. The highest BCUT2D eigenvalue weighted by Gasteiger charge is 2.24. The zero-order valence-electron chi connectivity index (χ0n) is 20.9. The number of hydrogen-bond donors (Lipinski definition) is 0. The van der Waals surface area contributed by atoms with Crippen LogP contribution in [0.5, 0.6) is 0 Å². The van der Waals surface area contributed by atoms with E-state index in [0.717, 1.165) is 33.4 Å². The molecule has 0 saturated heterocycles. The minimum absolute atomic E-state index is 0.288. The summed E-state index contributed by atoms with van der Waals surface area (Å²) >= 11 is 0. The lowest BCUT2D eigenvalue weighted by Crippen LogP contribution is -2.24. The van der Waals surface area contributed by atoms with Gasteiger partial charge >= 0.3 is 11.9 Å². The van der Waals surface area contributed by atoms with Crippen LogP contribution in [0.3, 0.4) is 0 Å². The first-order valence-electron chi connectivity index (χ1n) is 11.0. The molecule has 2 aromatic rings. The lowest BCUT2D eigenvalue weighted by Gasteiger charge is -2.12. The van der Waals surface area contributed by atoms with Gasteiger partial charge in [0.05, 0.1) is 0 Å². The molecule has 2 atom stereocenters. The first-order valence-corrected chi connectivity index (χ1v) is 11.0. The van der Waals surface area contributed by atoms with Gasteiger partial charge in [-0.25, -0.2) is 9.59 Å². The van der Waals surface area contributed by atoms with E-state index >= 15 is 0 Å². The smallest absolute Gasteiger partial charge is 0.380 e. The molecule has 0 aliphatic rings. The van der Waals surface area contributed by atoms with Crippen LogP contribution >= 0.6 is 0 Å². The molecule has 0 saturated carbocycles. The van der Waals surface area contributed by atoms with Crippen LogP contribution in [0.25, 0.3) is 0 Å². The summed E-state index contributed by atoms with van der Waals surface area (Å²) in [5.41, 5.74) is 5.95. The second-order valence-electron chi connectivity index (χ2n) is 8.40.